The zero-order chi connectivity index (χ0) is 19.3. The van der Waals surface area contributed by atoms with Crippen LogP contribution < -0.4 is 4.72 Å². The van der Waals surface area contributed by atoms with E-state index in [9.17, 15) is 17.6 Å². The Morgan fingerprint density at radius 2 is 1.81 bits per heavy atom. The van der Waals surface area contributed by atoms with E-state index in [0.29, 0.717) is 6.54 Å². The van der Waals surface area contributed by atoms with Gasteiger partial charge in [0.25, 0.3) is 0 Å². The maximum absolute atomic E-state index is 12.9. The van der Waals surface area contributed by atoms with E-state index < -0.39 is 15.8 Å². The summed E-state index contributed by atoms with van der Waals surface area (Å²) in [6, 6.07) is 14.8. The number of sulfonamides is 1. The molecule has 0 saturated carbocycles. The lowest BCUT2D eigenvalue weighted by molar-refractivity contribution is -0.131. The van der Waals surface area contributed by atoms with Crippen molar-refractivity contribution in [2.75, 3.05) is 13.1 Å². The highest BCUT2D eigenvalue weighted by molar-refractivity contribution is 7.89. The molecule has 0 aliphatic carbocycles. The summed E-state index contributed by atoms with van der Waals surface area (Å²) in [5.74, 6) is -0.544. The molecular formula is C20H23FN2O3S. The van der Waals surface area contributed by atoms with Gasteiger partial charge in [-0.3, -0.25) is 4.79 Å². The van der Waals surface area contributed by atoms with Crippen molar-refractivity contribution in [2.45, 2.75) is 36.6 Å². The Morgan fingerprint density at radius 3 is 2.52 bits per heavy atom. The van der Waals surface area contributed by atoms with Crippen molar-refractivity contribution in [1.82, 2.24) is 9.62 Å². The molecule has 0 spiro atoms. The third-order valence-corrected chi connectivity index (χ3v) is 6.24. The Bertz CT molecular complexity index is 870. The number of carbonyl (C=O) groups excluding carboxylic acids is 1. The highest BCUT2D eigenvalue weighted by Gasteiger charge is 2.28. The van der Waals surface area contributed by atoms with Gasteiger partial charge in [0.1, 0.15) is 5.82 Å². The summed E-state index contributed by atoms with van der Waals surface area (Å²) in [5.41, 5.74) is 1.19. The molecule has 1 atom stereocenters. The van der Waals surface area contributed by atoms with Gasteiger partial charge in [-0.15, -0.1) is 0 Å². The quantitative estimate of drug-likeness (QED) is 0.791. The molecular weight excluding hydrogens is 367 g/mol. The summed E-state index contributed by atoms with van der Waals surface area (Å²) in [7, 11) is -3.75. The molecule has 5 nitrogen and oxygen atoms in total. The topological polar surface area (TPSA) is 66.5 Å². The molecule has 27 heavy (non-hydrogen) atoms. The lowest BCUT2D eigenvalue weighted by Gasteiger charge is -2.25. The van der Waals surface area contributed by atoms with Gasteiger partial charge < -0.3 is 4.90 Å². The van der Waals surface area contributed by atoms with E-state index in [4.69, 9.17) is 0 Å². The largest absolute Gasteiger partial charge is 0.339 e. The van der Waals surface area contributed by atoms with Gasteiger partial charge in [0, 0.05) is 25.6 Å². The molecule has 0 bridgehead atoms. The van der Waals surface area contributed by atoms with Crippen LogP contribution in [-0.4, -0.2) is 38.4 Å². The number of hydrogen-bond acceptors (Lipinski definition) is 3. The predicted molar refractivity (Wildman–Crippen MR) is 101 cm³/mol. The molecule has 1 aliphatic heterocycles. The molecule has 1 saturated heterocycles. The van der Waals surface area contributed by atoms with E-state index >= 15 is 0 Å². The first kappa shape index (κ1) is 19.5. The van der Waals surface area contributed by atoms with E-state index in [-0.39, 0.29) is 29.8 Å². The van der Waals surface area contributed by atoms with E-state index in [2.05, 4.69) is 16.9 Å². The van der Waals surface area contributed by atoms with Crippen LogP contribution in [0.2, 0.25) is 0 Å². The zero-order valence-corrected chi connectivity index (χ0v) is 15.8. The second-order valence-corrected chi connectivity index (χ2v) is 8.44. The molecule has 3 rings (SSSR count). The van der Waals surface area contributed by atoms with Crippen molar-refractivity contribution in [3.63, 3.8) is 0 Å². The number of carbonyl (C=O) groups is 1. The second-order valence-electron chi connectivity index (χ2n) is 6.67. The van der Waals surface area contributed by atoms with Crippen LogP contribution in [0.15, 0.2) is 59.5 Å². The van der Waals surface area contributed by atoms with Crippen LogP contribution in [0, 0.1) is 5.82 Å². The number of hydrogen-bond donors (Lipinski definition) is 1. The molecule has 2 aromatic rings. The summed E-state index contributed by atoms with van der Waals surface area (Å²) >= 11 is 0. The first-order valence-electron chi connectivity index (χ1n) is 9.04. The van der Waals surface area contributed by atoms with Crippen molar-refractivity contribution >= 4 is 15.9 Å². The minimum atomic E-state index is -3.75. The van der Waals surface area contributed by atoms with Crippen LogP contribution in [0.5, 0.6) is 0 Å². The van der Waals surface area contributed by atoms with Crippen molar-refractivity contribution < 1.29 is 17.6 Å². The molecule has 2 aromatic carbocycles. The van der Waals surface area contributed by atoms with Crippen molar-refractivity contribution in [3.8, 4) is 0 Å². The molecule has 1 unspecified atom stereocenters. The van der Waals surface area contributed by atoms with E-state index in [1.54, 1.807) is 0 Å². The normalized spacial score (nSPS) is 17.2. The summed E-state index contributed by atoms with van der Waals surface area (Å²) in [6.07, 6.45) is 2.84. The van der Waals surface area contributed by atoms with Crippen LogP contribution in [0.1, 0.15) is 24.8 Å². The second kappa shape index (κ2) is 8.63. The highest BCUT2D eigenvalue weighted by Crippen LogP contribution is 2.22. The summed E-state index contributed by atoms with van der Waals surface area (Å²) in [4.78, 5) is 14.4. The molecule has 144 valence electrons. The summed E-state index contributed by atoms with van der Waals surface area (Å²) in [6.45, 7) is 0.730. The Kier molecular flexibility index (Phi) is 6.23. The third kappa shape index (κ3) is 5.14. The molecule has 1 amide bonds. The fourth-order valence-corrected chi connectivity index (χ4v) is 4.43. The minimum absolute atomic E-state index is 0.0144. The van der Waals surface area contributed by atoms with Crippen LogP contribution >= 0.6 is 0 Å². The molecule has 7 heteroatoms. The van der Waals surface area contributed by atoms with Gasteiger partial charge in [-0.05, 0) is 49.1 Å². The van der Waals surface area contributed by atoms with Crippen LogP contribution in [0.3, 0.4) is 0 Å². The van der Waals surface area contributed by atoms with Gasteiger partial charge >= 0.3 is 0 Å². The first-order chi connectivity index (χ1) is 13.0. The SMILES string of the molecule is O=C(CCNS(=O)(=O)c1ccc(F)cc1)N1CCCC1Cc1ccccc1. The summed E-state index contributed by atoms with van der Waals surface area (Å²) in [5, 5.41) is 0. The fourth-order valence-electron chi connectivity index (χ4n) is 3.40. The molecule has 1 N–H and O–H groups in total. The van der Waals surface area contributed by atoms with Gasteiger partial charge in [0.2, 0.25) is 15.9 Å². The predicted octanol–water partition coefficient (Wildman–Crippen LogP) is 2.73. The van der Waals surface area contributed by atoms with Crippen molar-refractivity contribution in [1.29, 1.82) is 0 Å². The lowest BCUT2D eigenvalue weighted by Crippen LogP contribution is -2.38. The number of amides is 1. The standard InChI is InChI=1S/C20H23FN2O3S/c21-17-8-10-19(11-9-17)27(25,26)22-13-12-20(24)23-14-4-7-18(23)15-16-5-2-1-3-6-16/h1-3,5-6,8-11,18,22H,4,7,12-15H2. The number of benzene rings is 2. The van der Waals surface area contributed by atoms with E-state index in [1.807, 2.05) is 23.1 Å². The maximum atomic E-state index is 12.9. The Morgan fingerprint density at radius 1 is 1.11 bits per heavy atom. The first-order valence-corrected chi connectivity index (χ1v) is 10.5. The highest BCUT2D eigenvalue weighted by atomic mass is 32.2. The molecule has 0 radical (unpaired) electrons. The third-order valence-electron chi connectivity index (χ3n) is 4.77. The van der Waals surface area contributed by atoms with Crippen LogP contribution in [0.25, 0.3) is 0 Å². The minimum Gasteiger partial charge on any atom is -0.339 e. The van der Waals surface area contributed by atoms with Gasteiger partial charge in [-0.2, -0.15) is 0 Å². The maximum Gasteiger partial charge on any atom is 0.240 e. The number of rotatable bonds is 7. The zero-order valence-electron chi connectivity index (χ0n) is 15.0. The smallest absolute Gasteiger partial charge is 0.240 e. The molecule has 1 aliphatic rings. The summed E-state index contributed by atoms with van der Waals surface area (Å²) < 4.78 is 39.7. The van der Waals surface area contributed by atoms with Crippen molar-refractivity contribution in [3.05, 3.63) is 66.0 Å². The number of nitrogens with zero attached hydrogens (tertiary/aromatic N) is 1. The van der Waals surface area contributed by atoms with Gasteiger partial charge in [0.05, 0.1) is 4.90 Å². The van der Waals surface area contributed by atoms with Crippen LogP contribution in [0.4, 0.5) is 4.39 Å². The average molecular weight is 390 g/mol. The average Bonchev–Trinajstić information content (AvgIpc) is 3.11. The monoisotopic (exact) mass is 390 g/mol. The Hall–Kier alpha value is -2.25. The van der Waals surface area contributed by atoms with E-state index in [1.165, 1.54) is 17.7 Å². The molecule has 0 aromatic heterocycles. The molecule has 1 heterocycles. The van der Waals surface area contributed by atoms with Crippen LogP contribution in [-0.2, 0) is 21.2 Å². The van der Waals surface area contributed by atoms with E-state index in [0.717, 1.165) is 31.4 Å². The lowest BCUT2D eigenvalue weighted by atomic mass is 10.0. The van der Waals surface area contributed by atoms with Crippen molar-refractivity contribution in [2.24, 2.45) is 0 Å². The number of likely N-dealkylation sites (tertiary alicyclic amines) is 1. The number of nitrogens with one attached hydrogen (secondary N) is 1. The fraction of sp³-hybridized carbons (Fsp3) is 0.350. The van der Waals surface area contributed by atoms with Gasteiger partial charge in [-0.25, -0.2) is 17.5 Å². The Labute approximate surface area is 159 Å². The van der Waals surface area contributed by atoms with Gasteiger partial charge in [-0.1, -0.05) is 30.3 Å². The van der Waals surface area contributed by atoms with Gasteiger partial charge in [0.15, 0.2) is 0 Å². The Balaban J connectivity index is 1.53. The molecule has 1 fully saturated rings. The number of halogens is 1.